The molecule has 2 aromatic rings. The number of hydrogen-bond acceptors (Lipinski definition) is 3. The minimum atomic E-state index is -0.363. The van der Waals surface area contributed by atoms with E-state index in [1.165, 1.54) is 5.56 Å². The standard InChI is InChI=1S/C16H20N2O/c1-3-16(19)14-6-8-15(9-7-14)18(2)12-13-5-4-10-17-11-13/h4-11,16,19H,3,12H2,1-2H3/t16-/m1/s1. The van der Waals surface area contributed by atoms with E-state index in [9.17, 15) is 5.11 Å². The van der Waals surface area contributed by atoms with Crippen molar-refractivity contribution in [2.24, 2.45) is 0 Å². The topological polar surface area (TPSA) is 36.4 Å². The number of hydrogen-bond donors (Lipinski definition) is 1. The minimum Gasteiger partial charge on any atom is -0.388 e. The molecule has 0 radical (unpaired) electrons. The molecule has 0 bridgehead atoms. The van der Waals surface area contributed by atoms with Crippen molar-refractivity contribution >= 4 is 5.69 Å². The molecule has 1 aromatic heterocycles. The van der Waals surface area contributed by atoms with Crippen molar-refractivity contribution in [3.8, 4) is 0 Å². The summed E-state index contributed by atoms with van der Waals surface area (Å²) in [6.07, 6.45) is 4.04. The van der Waals surface area contributed by atoms with Crippen LogP contribution in [-0.2, 0) is 6.54 Å². The Kier molecular flexibility index (Phi) is 4.53. The third kappa shape index (κ3) is 3.55. The molecule has 0 fully saturated rings. The van der Waals surface area contributed by atoms with E-state index in [1.807, 2.05) is 43.5 Å². The molecule has 1 aromatic carbocycles. The first-order chi connectivity index (χ1) is 9.20. The monoisotopic (exact) mass is 256 g/mol. The molecular weight excluding hydrogens is 236 g/mol. The van der Waals surface area contributed by atoms with Gasteiger partial charge < -0.3 is 10.0 Å². The van der Waals surface area contributed by atoms with Crippen LogP contribution in [0.3, 0.4) is 0 Å². The third-order valence-electron chi connectivity index (χ3n) is 3.25. The van der Waals surface area contributed by atoms with Crippen LogP contribution in [0.25, 0.3) is 0 Å². The number of benzene rings is 1. The van der Waals surface area contributed by atoms with Crippen LogP contribution in [0, 0.1) is 0 Å². The Morgan fingerprint density at radius 2 is 1.95 bits per heavy atom. The lowest BCUT2D eigenvalue weighted by Gasteiger charge is -2.20. The van der Waals surface area contributed by atoms with E-state index in [1.54, 1.807) is 6.20 Å². The molecule has 0 saturated heterocycles. The minimum absolute atomic E-state index is 0.363. The zero-order valence-corrected chi connectivity index (χ0v) is 11.5. The summed E-state index contributed by atoms with van der Waals surface area (Å²) in [5.74, 6) is 0. The van der Waals surface area contributed by atoms with E-state index in [-0.39, 0.29) is 6.10 Å². The Balaban J connectivity index is 2.05. The number of aromatic nitrogens is 1. The van der Waals surface area contributed by atoms with Gasteiger partial charge in [-0.3, -0.25) is 4.98 Å². The number of aliphatic hydroxyl groups excluding tert-OH is 1. The van der Waals surface area contributed by atoms with Crippen molar-refractivity contribution in [1.82, 2.24) is 4.98 Å². The van der Waals surface area contributed by atoms with Crippen molar-refractivity contribution in [3.63, 3.8) is 0 Å². The summed E-state index contributed by atoms with van der Waals surface area (Å²) >= 11 is 0. The summed E-state index contributed by atoms with van der Waals surface area (Å²) in [5.41, 5.74) is 3.29. The van der Waals surface area contributed by atoms with Crippen LogP contribution in [0.1, 0.15) is 30.6 Å². The number of aliphatic hydroxyl groups is 1. The van der Waals surface area contributed by atoms with Gasteiger partial charge in [0.05, 0.1) is 6.10 Å². The quantitative estimate of drug-likeness (QED) is 0.892. The zero-order chi connectivity index (χ0) is 13.7. The van der Waals surface area contributed by atoms with Crippen LogP contribution in [-0.4, -0.2) is 17.1 Å². The SMILES string of the molecule is CC[C@@H](O)c1ccc(N(C)Cc2cccnc2)cc1. The highest BCUT2D eigenvalue weighted by Gasteiger charge is 2.06. The lowest BCUT2D eigenvalue weighted by molar-refractivity contribution is 0.173. The van der Waals surface area contributed by atoms with E-state index in [0.29, 0.717) is 0 Å². The zero-order valence-electron chi connectivity index (χ0n) is 11.5. The Hall–Kier alpha value is -1.87. The molecule has 3 heteroatoms. The molecule has 0 aliphatic carbocycles. The van der Waals surface area contributed by atoms with Crippen molar-refractivity contribution in [3.05, 3.63) is 59.9 Å². The summed E-state index contributed by atoms with van der Waals surface area (Å²) in [7, 11) is 2.05. The van der Waals surface area contributed by atoms with E-state index in [4.69, 9.17) is 0 Å². The number of pyridine rings is 1. The molecule has 1 heterocycles. The normalized spacial score (nSPS) is 12.2. The molecule has 0 unspecified atom stereocenters. The lowest BCUT2D eigenvalue weighted by Crippen LogP contribution is -2.16. The molecule has 100 valence electrons. The van der Waals surface area contributed by atoms with E-state index in [0.717, 1.165) is 24.2 Å². The van der Waals surface area contributed by atoms with Gasteiger partial charge in [0.2, 0.25) is 0 Å². The van der Waals surface area contributed by atoms with Gasteiger partial charge in [-0.15, -0.1) is 0 Å². The first-order valence-corrected chi connectivity index (χ1v) is 6.58. The fourth-order valence-electron chi connectivity index (χ4n) is 2.04. The van der Waals surface area contributed by atoms with Crippen LogP contribution in [0.4, 0.5) is 5.69 Å². The first-order valence-electron chi connectivity index (χ1n) is 6.58. The highest BCUT2D eigenvalue weighted by molar-refractivity contribution is 5.47. The predicted octanol–water partition coefficient (Wildman–Crippen LogP) is 3.16. The molecule has 0 spiro atoms. The molecule has 2 rings (SSSR count). The average Bonchev–Trinajstić information content (AvgIpc) is 2.47. The van der Waals surface area contributed by atoms with Crippen molar-refractivity contribution in [2.75, 3.05) is 11.9 Å². The van der Waals surface area contributed by atoms with Gasteiger partial charge in [0.15, 0.2) is 0 Å². The van der Waals surface area contributed by atoms with Crippen LogP contribution in [0.2, 0.25) is 0 Å². The number of rotatable bonds is 5. The van der Waals surface area contributed by atoms with Gasteiger partial charge >= 0.3 is 0 Å². The maximum absolute atomic E-state index is 9.77. The number of anilines is 1. The molecule has 1 atom stereocenters. The maximum Gasteiger partial charge on any atom is 0.0787 e. The van der Waals surface area contributed by atoms with Crippen LogP contribution in [0.5, 0.6) is 0 Å². The van der Waals surface area contributed by atoms with Gasteiger partial charge in [0.1, 0.15) is 0 Å². The average molecular weight is 256 g/mol. The van der Waals surface area contributed by atoms with Crippen LogP contribution in [0.15, 0.2) is 48.8 Å². The van der Waals surface area contributed by atoms with Crippen molar-refractivity contribution < 1.29 is 5.11 Å². The molecule has 0 aliphatic heterocycles. The second-order valence-electron chi connectivity index (χ2n) is 4.73. The predicted molar refractivity (Wildman–Crippen MR) is 78.0 cm³/mol. The summed E-state index contributed by atoms with van der Waals surface area (Å²) < 4.78 is 0. The Morgan fingerprint density at radius 3 is 2.53 bits per heavy atom. The Morgan fingerprint density at radius 1 is 1.21 bits per heavy atom. The molecule has 0 saturated carbocycles. The second-order valence-corrected chi connectivity index (χ2v) is 4.73. The highest BCUT2D eigenvalue weighted by Crippen LogP contribution is 2.21. The maximum atomic E-state index is 9.77. The summed E-state index contributed by atoms with van der Waals surface area (Å²) in [6.45, 7) is 2.80. The van der Waals surface area contributed by atoms with E-state index in [2.05, 4.69) is 23.0 Å². The van der Waals surface area contributed by atoms with Gasteiger partial charge in [-0.05, 0) is 35.7 Å². The Labute approximate surface area is 114 Å². The lowest BCUT2D eigenvalue weighted by atomic mass is 10.1. The van der Waals surface area contributed by atoms with Crippen LogP contribution < -0.4 is 4.90 Å². The van der Waals surface area contributed by atoms with E-state index >= 15 is 0 Å². The molecule has 0 aliphatic rings. The smallest absolute Gasteiger partial charge is 0.0787 e. The van der Waals surface area contributed by atoms with Crippen molar-refractivity contribution in [2.45, 2.75) is 26.0 Å². The fourth-order valence-corrected chi connectivity index (χ4v) is 2.04. The summed E-state index contributed by atoms with van der Waals surface area (Å²) in [5, 5.41) is 9.77. The second kappa shape index (κ2) is 6.34. The van der Waals surface area contributed by atoms with Gasteiger partial charge in [-0.2, -0.15) is 0 Å². The largest absolute Gasteiger partial charge is 0.388 e. The third-order valence-corrected chi connectivity index (χ3v) is 3.25. The summed E-state index contributed by atoms with van der Waals surface area (Å²) in [6, 6.07) is 12.1. The van der Waals surface area contributed by atoms with E-state index < -0.39 is 0 Å². The molecule has 0 amide bonds. The molecule has 1 N–H and O–H groups in total. The van der Waals surface area contributed by atoms with Crippen LogP contribution >= 0.6 is 0 Å². The van der Waals surface area contributed by atoms with Gasteiger partial charge in [-0.1, -0.05) is 25.1 Å². The summed E-state index contributed by atoms with van der Waals surface area (Å²) in [4.78, 5) is 6.29. The highest BCUT2D eigenvalue weighted by atomic mass is 16.3. The van der Waals surface area contributed by atoms with Crippen molar-refractivity contribution in [1.29, 1.82) is 0 Å². The van der Waals surface area contributed by atoms with Gasteiger partial charge in [0, 0.05) is 31.7 Å². The fraction of sp³-hybridized carbons (Fsp3) is 0.312. The van der Waals surface area contributed by atoms with Gasteiger partial charge in [-0.25, -0.2) is 0 Å². The van der Waals surface area contributed by atoms with Gasteiger partial charge in [0.25, 0.3) is 0 Å². The first kappa shape index (κ1) is 13.6. The molecular formula is C16H20N2O. The molecule has 3 nitrogen and oxygen atoms in total. The molecule has 19 heavy (non-hydrogen) atoms. The number of nitrogens with zero attached hydrogens (tertiary/aromatic N) is 2. The Bertz CT molecular complexity index is 496.